The van der Waals surface area contributed by atoms with Crippen molar-refractivity contribution < 1.29 is 0 Å². The van der Waals surface area contributed by atoms with Crippen LogP contribution in [0.5, 0.6) is 0 Å². The van der Waals surface area contributed by atoms with E-state index < -0.39 is 0 Å². The topological polar surface area (TPSA) is 38.9 Å². The Labute approximate surface area is 142 Å². The highest BCUT2D eigenvalue weighted by Crippen LogP contribution is 2.23. The lowest BCUT2D eigenvalue weighted by atomic mass is 10.2. The van der Waals surface area contributed by atoms with Crippen molar-refractivity contribution in [1.29, 1.82) is 0 Å². The van der Waals surface area contributed by atoms with Gasteiger partial charge >= 0.3 is 0 Å². The second-order valence-corrected chi connectivity index (χ2v) is 6.95. The number of fused-ring (bicyclic) bond motifs is 1. The van der Waals surface area contributed by atoms with E-state index in [-0.39, 0.29) is 0 Å². The molecule has 0 saturated carbocycles. The third kappa shape index (κ3) is 2.73. The standard InChI is InChI=1S/C19H25N5/c1-14-11-15(2)24(21-14)12-16-7-6-10-23(16)13-19-20-17-8-4-5-9-18(17)22(19)3/h4-5,8-9,11,16H,6-7,10,12-13H2,1-3H3/t16-/m1/s1. The van der Waals surface area contributed by atoms with Crippen LogP contribution in [0.4, 0.5) is 0 Å². The number of likely N-dealkylation sites (tertiary alicyclic amines) is 1. The Morgan fingerprint density at radius 1 is 1.21 bits per heavy atom. The van der Waals surface area contributed by atoms with Gasteiger partial charge in [0.25, 0.3) is 0 Å². The van der Waals surface area contributed by atoms with Crippen LogP contribution in [0.15, 0.2) is 30.3 Å². The molecule has 24 heavy (non-hydrogen) atoms. The van der Waals surface area contributed by atoms with Crippen molar-refractivity contribution >= 4 is 11.0 Å². The maximum absolute atomic E-state index is 4.84. The Balaban J connectivity index is 1.54. The minimum atomic E-state index is 0.544. The molecule has 1 aliphatic heterocycles. The molecule has 0 aliphatic carbocycles. The highest BCUT2D eigenvalue weighted by atomic mass is 15.3. The van der Waals surface area contributed by atoms with Crippen molar-refractivity contribution in [3.05, 3.63) is 47.5 Å². The summed E-state index contributed by atoms with van der Waals surface area (Å²) in [5.74, 6) is 1.15. The summed E-state index contributed by atoms with van der Waals surface area (Å²) in [6.45, 7) is 7.24. The molecule has 1 saturated heterocycles. The maximum atomic E-state index is 4.84. The third-order valence-electron chi connectivity index (χ3n) is 5.21. The van der Waals surface area contributed by atoms with Crippen molar-refractivity contribution in [3.8, 4) is 0 Å². The van der Waals surface area contributed by atoms with E-state index in [1.807, 2.05) is 0 Å². The first-order valence-corrected chi connectivity index (χ1v) is 8.77. The largest absolute Gasteiger partial charge is 0.330 e. The van der Waals surface area contributed by atoms with Gasteiger partial charge in [-0.3, -0.25) is 9.58 Å². The Morgan fingerprint density at radius 2 is 2.04 bits per heavy atom. The van der Waals surface area contributed by atoms with Gasteiger partial charge in [0, 0.05) is 18.8 Å². The van der Waals surface area contributed by atoms with E-state index in [9.17, 15) is 0 Å². The fourth-order valence-electron chi connectivity index (χ4n) is 3.89. The molecule has 2 aromatic heterocycles. The highest BCUT2D eigenvalue weighted by molar-refractivity contribution is 5.75. The van der Waals surface area contributed by atoms with E-state index in [4.69, 9.17) is 4.98 Å². The van der Waals surface area contributed by atoms with Gasteiger partial charge in [-0.2, -0.15) is 5.10 Å². The van der Waals surface area contributed by atoms with Gasteiger partial charge in [0.2, 0.25) is 0 Å². The van der Waals surface area contributed by atoms with Crippen LogP contribution in [0.25, 0.3) is 11.0 Å². The predicted octanol–water partition coefficient (Wildman–Crippen LogP) is 3.05. The van der Waals surface area contributed by atoms with Crippen LogP contribution in [-0.2, 0) is 20.1 Å². The highest BCUT2D eigenvalue weighted by Gasteiger charge is 2.27. The van der Waals surface area contributed by atoms with Crippen LogP contribution in [-0.4, -0.2) is 36.8 Å². The molecule has 1 atom stereocenters. The summed E-state index contributed by atoms with van der Waals surface area (Å²) in [5.41, 5.74) is 4.65. The number of para-hydroxylation sites is 2. The molecule has 1 aromatic carbocycles. The van der Waals surface area contributed by atoms with Gasteiger partial charge in [0.05, 0.1) is 29.8 Å². The Hall–Kier alpha value is -2.14. The zero-order chi connectivity index (χ0) is 16.7. The van der Waals surface area contributed by atoms with E-state index in [1.54, 1.807) is 0 Å². The first kappa shape index (κ1) is 15.4. The Morgan fingerprint density at radius 3 is 2.79 bits per heavy atom. The molecule has 0 amide bonds. The van der Waals surface area contributed by atoms with E-state index in [0.717, 1.165) is 36.7 Å². The van der Waals surface area contributed by atoms with E-state index in [1.165, 1.54) is 24.1 Å². The zero-order valence-corrected chi connectivity index (χ0v) is 14.7. The van der Waals surface area contributed by atoms with Crippen molar-refractivity contribution in [1.82, 2.24) is 24.2 Å². The summed E-state index contributed by atoms with van der Waals surface area (Å²) < 4.78 is 4.39. The van der Waals surface area contributed by atoms with Crippen LogP contribution < -0.4 is 0 Å². The molecular formula is C19H25N5. The number of hydrogen-bond acceptors (Lipinski definition) is 3. The van der Waals surface area contributed by atoms with E-state index in [2.05, 4.69) is 70.5 Å². The number of hydrogen-bond donors (Lipinski definition) is 0. The Kier molecular flexibility index (Phi) is 3.88. The quantitative estimate of drug-likeness (QED) is 0.741. The number of imidazole rings is 1. The monoisotopic (exact) mass is 323 g/mol. The molecular weight excluding hydrogens is 298 g/mol. The third-order valence-corrected chi connectivity index (χ3v) is 5.21. The zero-order valence-electron chi connectivity index (χ0n) is 14.7. The molecule has 1 fully saturated rings. The molecule has 0 N–H and O–H groups in total. The lowest BCUT2D eigenvalue weighted by Gasteiger charge is -2.24. The van der Waals surface area contributed by atoms with Crippen molar-refractivity contribution in [2.45, 2.75) is 45.8 Å². The molecule has 0 spiro atoms. The van der Waals surface area contributed by atoms with Gasteiger partial charge in [-0.1, -0.05) is 12.1 Å². The number of benzene rings is 1. The summed E-state index contributed by atoms with van der Waals surface area (Å²) in [4.78, 5) is 7.40. The van der Waals surface area contributed by atoms with Gasteiger partial charge in [-0.05, 0) is 51.4 Å². The average Bonchev–Trinajstić information content (AvgIpc) is 3.21. The summed E-state index contributed by atoms with van der Waals surface area (Å²) in [5, 5.41) is 4.64. The maximum Gasteiger partial charge on any atom is 0.123 e. The average molecular weight is 323 g/mol. The van der Waals surface area contributed by atoms with Gasteiger partial charge in [0.15, 0.2) is 0 Å². The van der Waals surface area contributed by atoms with Crippen molar-refractivity contribution in [2.24, 2.45) is 7.05 Å². The van der Waals surface area contributed by atoms with Crippen molar-refractivity contribution in [3.63, 3.8) is 0 Å². The van der Waals surface area contributed by atoms with Crippen LogP contribution in [0, 0.1) is 13.8 Å². The molecule has 0 bridgehead atoms. The number of rotatable bonds is 4. The van der Waals surface area contributed by atoms with Crippen molar-refractivity contribution in [2.75, 3.05) is 6.54 Å². The van der Waals surface area contributed by atoms with Crippen LogP contribution in [0.1, 0.15) is 30.1 Å². The first-order chi connectivity index (χ1) is 11.6. The summed E-state index contributed by atoms with van der Waals surface area (Å²) >= 11 is 0. The number of aryl methyl sites for hydroxylation is 3. The fourth-order valence-corrected chi connectivity index (χ4v) is 3.89. The van der Waals surface area contributed by atoms with Gasteiger partial charge in [-0.25, -0.2) is 4.98 Å². The second kappa shape index (κ2) is 6.06. The molecule has 4 rings (SSSR count). The summed E-state index contributed by atoms with van der Waals surface area (Å²) in [6, 6.07) is 11.1. The van der Waals surface area contributed by atoms with Crippen LogP contribution >= 0.6 is 0 Å². The van der Waals surface area contributed by atoms with E-state index >= 15 is 0 Å². The lowest BCUT2D eigenvalue weighted by molar-refractivity contribution is 0.211. The predicted molar refractivity (Wildman–Crippen MR) is 95.8 cm³/mol. The normalized spacial score (nSPS) is 18.7. The molecule has 1 aliphatic rings. The summed E-state index contributed by atoms with van der Waals surface area (Å²) in [6.07, 6.45) is 2.50. The van der Waals surface area contributed by atoms with Crippen LogP contribution in [0.2, 0.25) is 0 Å². The molecule has 126 valence electrons. The molecule has 0 radical (unpaired) electrons. The molecule has 3 aromatic rings. The van der Waals surface area contributed by atoms with Gasteiger partial charge in [-0.15, -0.1) is 0 Å². The van der Waals surface area contributed by atoms with Gasteiger partial charge in [0.1, 0.15) is 5.82 Å². The van der Waals surface area contributed by atoms with Crippen LogP contribution in [0.3, 0.4) is 0 Å². The molecule has 3 heterocycles. The number of aromatic nitrogens is 4. The molecule has 0 unspecified atom stereocenters. The minimum Gasteiger partial charge on any atom is -0.330 e. The number of nitrogens with zero attached hydrogens (tertiary/aromatic N) is 5. The minimum absolute atomic E-state index is 0.544. The Bertz CT molecular complexity index is 860. The van der Waals surface area contributed by atoms with Gasteiger partial charge < -0.3 is 4.57 Å². The fraction of sp³-hybridized carbons (Fsp3) is 0.474. The second-order valence-electron chi connectivity index (χ2n) is 6.95. The molecule has 5 nitrogen and oxygen atoms in total. The summed E-state index contributed by atoms with van der Waals surface area (Å²) in [7, 11) is 2.12. The first-order valence-electron chi connectivity index (χ1n) is 8.77. The lowest BCUT2D eigenvalue weighted by Crippen LogP contribution is -2.34. The van der Waals surface area contributed by atoms with E-state index in [0.29, 0.717) is 6.04 Å². The molecule has 5 heteroatoms. The SMILES string of the molecule is Cc1cc(C)n(C[C@H]2CCCN2Cc2nc3ccccc3n2C)n1. The smallest absolute Gasteiger partial charge is 0.123 e.